The third kappa shape index (κ3) is 3.08. The molecule has 1 saturated carbocycles. The summed E-state index contributed by atoms with van der Waals surface area (Å²) in [5.74, 6) is 0.571. The van der Waals surface area contributed by atoms with Crippen LogP contribution in [0.1, 0.15) is 23.5 Å². The zero-order chi connectivity index (χ0) is 14.8. The van der Waals surface area contributed by atoms with Crippen LogP contribution < -0.4 is 4.74 Å². The predicted octanol–water partition coefficient (Wildman–Crippen LogP) is 3.54. The lowest BCUT2D eigenvalue weighted by Gasteiger charge is -2.11. The Morgan fingerprint density at radius 2 is 2.00 bits per heavy atom. The van der Waals surface area contributed by atoms with Gasteiger partial charge in [-0.05, 0) is 47.9 Å². The minimum Gasteiger partial charge on any atom is -0.494 e. The highest BCUT2D eigenvalue weighted by Gasteiger charge is 2.43. The lowest BCUT2D eigenvalue weighted by Crippen LogP contribution is -2.14. The number of aliphatic hydroxyl groups excluding tert-OH is 1. The van der Waals surface area contributed by atoms with E-state index >= 15 is 0 Å². The van der Waals surface area contributed by atoms with Crippen molar-refractivity contribution in [2.75, 3.05) is 7.11 Å². The van der Waals surface area contributed by atoms with E-state index in [4.69, 9.17) is 4.74 Å². The Balaban J connectivity index is 1.63. The molecule has 1 aliphatic carbocycles. The van der Waals surface area contributed by atoms with Crippen molar-refractivity contribution in [3.8, 4) is 5.75 Å². The highest BCUT2D eigenvalue weighted by atomic mass is 19.1. The number of benzene rings is 2. The molecule has 0 aromatic heterocycles. The molecule has 1 aliphatic rings. The molecular weight excluding hydrogens is 267 g/mol. The largest absolute Gasteiger partial charge is 0.494 e. The fourth-order valence-corrected chi connectivity index (χ4v) is 2.95. The highest BCUT2D eigenvalue weighted by molar-refractivity contribution is 5.31. The van der Waals surface area contributed by atoms with Gasteiger partial charge in [-0.1, -0.05) is 36.4 Å². The van der Waals surface area contributed by atoms with Crippen LogP contribution >= 0.6 is 0 Å². The first kappa shape index (κ1) is 14.1. The Morgan fingerprint density at radius 1 is 1.24 bits per heavy atom. The summed E-state index contributed by atoms with van der Waals surface area (Å²) in [5, 5.41) is 10.3. The van der Waals surface area contributed by atoms with E-state index in [-0.39, 0.29) is 17.5 Å². The smallest absolute Gasteiger partial charge is 0.165 e. The lowest BCUT2D eigenvalue weighted by atomic mass is 10.0. The van der Waals surface area contributed by atoms with Gasteiger partial charge >= 0.3 is 0 Å². The molecule has 0 aliphatic heterocycles. The molecule has 0 saturated heterocycles. The Hall–Kier alpha value is -1.87. The fraction of sp³-hybridized carbons (Fsp3) is 0.333. The van der Waals surface area contributed by atoms with Crippen molar-refractivity contribution in [1.82, 2.24) is 0 Å². The summed E-state index contributed by atoms with van der Waals surface area (Å²) in [4.78, 5) is 0. The Bertz CT molecular complexity index is 612. The summed E-state index contributed by atoms with van der Waals surface area (Å²) in [6, 6.07) is 15.1. The number of methoxy groups -OCH3 is 1. The molecule has 3 atom stereocenters. The summed E-state index contributed by atoms with van der Waals surface area (Å²) in [6.07, 6.45) is 1.06. The van der Waals surface area contributed by atoms with E-state index in [2.05, 4.69) is 12.1 Å². The number of ether oxygens (including phenoxy) is 1. The average molecular weight is 286 g/mol. The van der Waals surface area contributed by atoms with E-state index in [0.29, 0.717) is 12.3 Å². The maximum absolute atomic E-state index is 13.7. The van der Waals surface area contributed by atoms with Crippen molar-refractivity contribution in [2.45, 2.75) is 24.9 Å². The van der Waals surface area contributed by atoms with Crippen molar-refractivity contribution in [2.24, 2.45) is 5.92 Å². The maximum Gasteiger partial charge on any atom is 0.165 e. The fourth-order valence-electron chi connectivity index (χ4n) is 2.95. The first-order chi connectivity index (χ1) is 10.2. The molecule has 0 radical (unpaired) electrons. The zero-order valence-corrected chi connectivity index (χ0v) is 12.0. The summed E-state index contributed by atoms with van der Waals surface area (Å²) in [5.41, 5.74) is 2.09. The standard InChI is InChI=1S/C18H19FO2/c1-21-18-8-7-12(9-16(18)19)10-17(20)15-11-14(15)13-5-3-2-4-6-13/h2-9,14-15,17,20H,10-11H2,1H3. The second-order valence-electron chi connectivity index (χ2n) is 5.66. The molecule has 2 nitrogen and oxygen atoms in total. The topological polar surface area (TPSA) is 29.5 Å². The number of aliphatic hydroxyl groups is 1. The molecule has 0 bridgehead atoms. The van der Waals surface area contributed by atoms with Crippen molar-refractivity contribution >= 4 is 0 Å². The molecule has 21 heavy (non-hydrogen) atoms. The Kier molecular flexibility index (Phi) is 3.93. The van der Waals surface area contributed by atoms with E-state index in [9.17, 15) is 9.50 Å². The SMILES string of the molecule is COc1ccc(CC(O)C2CC2c2ccccc2)cc1F. The van der Waals surface area contributed by atoms with Gasteiger partial charge in [-0.15, -0.1) is 0 Å². The summed E-state index contributed by atoms with van der Waals surface area (Å²) in [7, 11) is 1.45. The van der Waals surface area contributed by atoms with Crippen LogP contribution in [-0.2, 0) is 6.42 Å². The van der Waals surface area contributed by atoms with Gasteiger partial charge in [0.25, 0.3) is 0 Å². The minimum atomic E-state index is -0.428. The van der Waals surface area contributed by atoms with Crippen LogP contribution in [0.3, 0.4) is 0 Å². The number of rotatable bonds is 5. The van der Waals surface area contributed by atoms with Crippen molar-refractivity contribution in [1.29, 1.82) is 0 Å². The molecule has 3 rings (SSSR count). The predicted molar refractivity (Wildman–Crippen MR) is 80.0 cm³/mol. The van der Waals surface area contributed by atoms with Gasteiger partial charge in [0.1, 0.15) is 0 Å². The monoisotopic (exact) mass is 286 g/mol. The van der Waals surface area contributed by atoms with E-state index in [0.717, 1.165) is 12.0 Å². The Labute approximate surface area is 124 Å². The zero-order valence-electron chi connectivity index (χ0n) is 12.0. The third-order valence-corrected chi connectivity index (χ3v) is 4.22. The van der Waals surface area contributed by atoms with Crippen molar-refractivity contribution in [3.05, 3.63) is 65.5 Å². The number of hydrogen-bond acceptors (Lipinski definition) is 2. The minimum absolute atomic E-state index is 0.238. The summed E-state index contributed by atoms with van der Waals surface area (Å²) < 4.78 is 18.6. The van der Waals surface area contributed by atoms with Crippen LogP contribution in [0.15, 0.2) is 48.5 Å². The molecular formula is C18H19FO2. The van der Waals surface area contributed by atoms with Crippen molar-refractivity contribution in [3.63, 3.8) is 0 Å². The van der Waals surface area contributed by atoms with Crippen molar-refractivity contribution < 1.29 is 14.2 Å². The van der Waals surface area contributed by atoms with E-state index in [1.165, 1.54) is 18.7 Å². The molecule has 2 aromatic carbocycles. The van der Waals surface area contributed by atoms with Gasteiger partial charge in [0.2, 0.25) is 0 Å². The molecule has 1 fully saturated rings. The average Bonchev–Trinajstić information content (AvgIpc) is 3.29. The molecule has 0 amide bonds. The van der Waals surface area contributed by atoms with Crippen LogP contribution in [-0.4, -0.2) is 18.3 Å². The molecule has 0 heterocycles. The van der Waals surface area contributed by atoms with Crippen LogP contribution in [0.4, 0.5) is 4.39 Å². The van der Waals surface area contributed by atoms with Gasteiger partial charge in [0, 0.05) is 0 Å². The normalized spacial score (nSPS) is 21.9. The highest BCUT2D eigenvalue weighted by Crippen LogP contribution is 2.50. The molecule has 3 heteroatoms. The summed E-state index contributed by atoms with van der Waals surface area (Å²) in [6.45, 7) is 0. The second-order valence-corrected chi connectivity index (χ2v) is 5.66. The molecule has 0 spiro atoms. The number of halogens is 1. The van der Waals surface area contributed by atoms with Gasteiger partial charge in [-0.2, -0.15) is 0 Å². The maximum atomic E-state index is 13.7. The Morgan fingerprint density at radius 3 is 2.67 bits per heavy atom. The van der Waals surface area contributed by atoms with E-state index in [1.54, 1.807) is 6.07 Å². The van der Waals surface area contributed by atoms with Crippen LogP contribution in [0.2, 0.25) is 0 Å². The molecule has 3 unspecified atom stereocenters. The third-order valence-electron chi connectivity index (χ3n) is 4.22. The van der Waals surface area contributed by atoms with Gasteiger partial charge in [0.05, 0.1) is 13.2 Å². The molecule has 1 N–H and O–H groups in total. The van der Waals surface area contributed by atoms with Gasteiger partial charge in [-0.3, -0.25) is 0 Å². The first-order valence-corrected chi connectivity index (χ1v) is 7.24. The number of hydrogen-bond donors (Lipinski definition) is 1. The first-order valence-electron chi connectivity index (χ1n) is 7.24. The van der Waals surface area contributed by atoms with Crippen LogP contribution in [0.25, 0.3) is 0 Å². The molecule has 110 valence electrons. The van der Waals surface area contributed by atoms with Gasteiger partial charge < -0.3 is 9.84 Å². The van der Waals surface area contributed by atoms with Gasteiger partial charge in [0.15, 0.2) is 11.6 Å². The van der Waals surface area contributed by atoms with E-state index < -0.39 is 6.10 Å². The molecule has 2 aromatic rings. The van der Waals surface area contributed by atoms with Gasteiger partial charge in [-0.25, -0.2) is 4.39 Å². The van der Waals surface area contributed by atoms with Crippen LogP contribution in [0, 0.1) is 11.7 Å². The summed E-state index contributed by atoms with van der Waals surface area (Å²) >= 11 is 0. The van der Waals surface area contributed by atoms with Crippen LogP contribution in [0.5, 0.6) is 5.75 Å². The lowest BCUT2D eigenvalue weighted by molar-refractivity contribution is 0.149. The quantitative estimate of drug-likeness (QED) is 0.911. The second kappa shape index (κ2) is 5.86. The van der Waals surface area contributed by atoms with E-state index in [1.807, 2.05) is 24.3 Å².